The van der Waals surface area contributed by atoms with Gasteiger partial charge in [-0.15, -0.1) is 0 Å². The van der Waals surface area contributed by atoms with Gasteiger partial charge < -0.3 is 10.6 Å². The molecule has 18 heavy (non-hydrogen) atoms. The van der Waals surface area contributed by atoms with E-state index in [2.05, 4.69) is 17.6 Å². The van der Waals surface area contributed by atoms with Crippen LogP contribution in [-0.2, 0) is 4.79 Å². The first kappa shape index (κ1) is 12.5. The van der Waals surface area contributed by atoms with Crippen LogP contribution in [0.2, 0.25) is 0 Å². The van der Waals surface area contributed by atoms with Gasteiger partial charge in [0.15, 0.2) is 0 Å². The van der Waals surface area contributed by atoms with Crippen molar-refractivity contribution in [2.45, 2.75) is 57.4 Å². The van der Waals surface area contributed by atoms with Crippen LogP contribution in [0.25, 0.3) is 0 Å². The lowest BCUT2D eigenvalue weighted by Gasteiger charge is -2.34. The highest BCUT2D eigenvalue weighted by Crippen LogP contribution is 2.47. The van der Waals surface area contributed by atoms with E-state index in [1.54, 1.807) is 0 Å². The first-order chi connectivity index (χ1) is 8.67. The second-order valence-corrected chi connectivity index (χ2v) is 6.86. The molecule has 3 aliphatic rings. The van der Waals surface area contributed by atoms with Crippen LogP contribution in [0, 0.1) is 17.8 Å². The largest absolute Gasteiger partial charge is 0.354 e. The van der Waals surface area contributed by atoms with Crippen LogP contribution in [-0.4, -0.2) is 24.5 Å². The van der Waals surface area contributed by atoms with Crippen LogP contribution in [0.3, 0.4) is 0 Å². The lowest BCUT2D eigenvalue weighted by Crippen LogP contribution is -2.57. The predicted octanol–water partition coefficient (Wildman–Crippen LogP) is 2.07. The van der Waals surface area contributed by atoms with Gasteiger partial charge >= 0.3 is 0 Å². The minimum atomic E-state index is -0.310. The Hall–Kier alpha value is -0.570. The molecule has 2 bridgehead atoms. The van der Waals surface area contributed by atoms with Crippen LogP contribution in [0.5, 0.6) is 0 Å². The molecule has 2 aliphatic carbocycles. The number of hydrogen-bond donors (Lipinski definition) is 2. The molecule has 1 heterocycles. The van der Waals surface area contributed by atoms with Gasteiger partial charge in [0.25, 0.3) is 0 Å². The number of fused-ring (bicyclic) bond motifs is 2. The molecule has 3 fully saturated rings. The quantitative estimate of drug-likeness (QED) is 0.805. The smallest absolute Gasteiger partial charge is 0.240 e. The molecule has 3 nitrogen and oxygen atoms in total. The standard InChI is InChI=1S/C15H26N2O/c1-15(6-2-3-7-17-15)14(18)16-10-13-9-11-4-5-12(13)8-11/h11-13,17H,2-10H2,1H3,(H,16,18). The van der Waals surface area contributed by atoms with Crippen LogP contribution in [0.15, 0.2) is 0 Å². The van der Waals surface area contributed by atoms with Crippen molar-refractivity contribution in [3.8, 4) is 0 Å². The Bertz CT molecular complexity index is 322. The van der Waals surface area contributed by atoms with E-state index in [4.69, 9.17) is 0 Å². The van der Waals surface area contributed by atoms with Gasteiger partial charge in [0.1, 0.15) is 0 Å². The van der Waals surface area contributed by atoms with Gasteiger partial charge in [-0.2, -0.15) is 0 Å². The summed E-state index contributed by atoms with van der Waals surface area (Å²) in [5.74, 6) is 2.87. The minimum Gasteiger partial charge on any atom is -0.354 e. The Morgan fingerprint density at radius 1 is 1.33 bits per heavy atom. The van der Waals surface area contributed by atoms with Crippen molar-refractivity contribution in [2.75, 3.05) is 13.1 Å². The molecular formula is C15H26N2O. The third-order valence-corrected chi connectivity index (χ3v) is 5.53. The van der Waals surface area contributed by atoms with Crippen molar-refractivity contribution in [2.24, 2.45) is 17.8 Å². The SMILES string of the molecule is CC1(C(=O)NCC2CC3CCC2C3)CCCCN1. The van der Waals surface area contributed by atoms with Crippen LogP contribution in [0.1, 0.15) is 51.9 Å². The number of piperidine rings is 1. The third-order valence-electron chi connectivity index (χ3n) is 5.53. The number of carbonyl (C=O) groups is 1. The molecule has 2 saturated carbocycles. The summed E-state index contributed by atoms with van der Waals surface area (Å²) in [7, 11) is 0. The van der Waals surface area contributed by atoms with Crippen molar-refractivity contribution in [3.05, 3.63) is 0 Å². The van der Waals surface area contributed by atoms with E-state index in [-0.39, 0.29) is 11.4 Å². The lowest BCUT2D eigenvalue weighted by atomic mass is 9.87. The second-order valence-electron chi connectivity index (χ2n) is 6.86. The van der Waals surface area contributed by atoms with Gasteiger partial charge in [0.05, 0.1) is 5.54 Å². The summed E-state index contributed by atoms with van der Waals surface area (Å²) in [6, 6.07) is 0. The number of rotatable bonds is 3. The molecule has 0 radical (unpaired) electrons. The highest BCUT2D eigenvalue weighted by molar-refractivity contribution is 5.85. The van der Waals surface area contributed by atoms with Crippen molar-refractivity contribution in [1.29, 1.82) is 0 Å². The van der Waals surface area contributed by atoms with Crippen molar-refractivity contribution < 1.29 is 4.79 Å². The Balaban J connectivity index is 1.49. The molecular weight excluding hydrogens is 224 g/mol. The molecule has 3 heteroatoms. The highest BCUT2D eigenvalue weighted by atomic mass is 16.2. The summed E-state index contributed by atoms with van der Waals surface area (Å²) < 4.78 is 0. The molecule has 0 spiro atoms. The van der Waals surface area contributed by atoms with Crippen LogP contribution in [0.4, 0.5) is 0 Å². The summed E-state index contributed by atoms with van der Waals surface area (Å²) in [6.07, 6.45) is 8.98. The fourth-order valence-electron chi connectivity index (χ4n) is 4.30. The molecule has 1 aliphatic heterocycles. The predicted molar refractivity (Wildman–Crippen MR) is 72.2 cm³/mol. The van der Waals surface area contributed by atoms with E-state index in [0.717, 1.165) is 37.3 Å². The van der Waals surface area contributed by atoms with E-state index >= 15 is 0 Å². The van der Waals surface area contributed by atoms with Gasteiger partial charge in [-0.25, -0.2) is 0 Å². The van der Waals surface area contributed by atoms with E-state index in [9.17, 15) is 4.79 Å². The summed E-state index contributed by atoms with van der Waals surface area (Å²) in [6.45, 7) is 3.96. The number of hydrogen-bond acceptors (Lipinski definition) is 2. The Kier molecular flexibility index (Phi) is 3.35. The number of carbonyl (C=O) groups excluding carboxylic acids is 1. The zero-order valence-electron chi connectivity index (χ0n) is 11.5. The molecule has 4 atom stereocenters. The van der Waals surface area contributed by atoms with Crippen LogP contribution >= 0.6 is 0 Å². The average molecular weight is 250 g/mol. The molecule has 0 aromatic heterocycles. The molecule has 3 rings (SSSR count). The summed E-state index contributed by atoms with van der Waals surface area (Å²) >= 11 is 0. The summed E-state index contributed by atoms with van der Waals surface area (Å²) in [4.78, 5) is 12.3. The fraction of sp³-hybridized carbons (Fsp3) is 0.933. The van der Waals surface area contributed by atoms with Gasteiger partial charge in [-0.3, -0.25) is 4.79 Å². The van der Waals surface area contributed by atoms with Gasteiger partial charge in [-0.05, 0) is 69.7 Å². The average Bonchev–Trinajstić information content (AvgIpc) is 2.99. The molecule has 2 N–H and O–H groups in total. The zero-order chi connectivity index (χ0) is 12.6. The maximum absolute atomic E-state index is 12.3. The zero-order valence-corrected chi connectivity index (χ0v) is 11.5. The molecule has 1 saturated heterocycles. The van der Waals surface area contributed by atoms with E-state index in [1.807, 2.05) is 0 Å². The molecule has 102 valence electrons. The van der Waals surface area contributed by atoms with E-state index in [0.29, 0.717) is 0 Å². The second kappa shape index (κ2) is 4.84. The summed E-state index contributed by atoms with van der Waals surface area (Å²) in [5.41, 5.74) is -0.310. The van der Waals surface area contributed by atoms with E-state index < -0.39 is 0 Å². The topological polar surface area (TPSA) is 41.1 Å². The molecule has 0 aromatic rings. The monoisotopic (exact) mass is 250 g/mol. The Morgan fingerprint density at radius 2 is 2.22 bits per heavy atom. The maximum Gasteiger partial charge on any atom is 0.240 e. The summed E-state index contributed by atoms with van der Waals surface area (Å²) in [5, 5.41) is 6.61. The number of amides is 1. The van der Waals surface area contributed by atoms with Gasteiger partial charge in [0, 0.05) is 6.54 Å². The Labute approximate surface area is 110 Å². The normalized spacial score (nSPS) is 43.1. The molecule has 1 amide bonds. The van der Waals surface area contributed by atoms with Gasteiger partial charge in [-0.1, -0.05) is 6.42 Å². The van der Waals surface area contributed by atoms with Crippen molar-refractivity contribution in [3.63, 3.8) is 0 Å². The lowest BCUT2D eigenvalue weighted by molar-refractivity contribution is -0.128. The molecule has 4 unspecified atom stereocenters. The highest BCUT2D eigenvalue weighted by Gasteiger charge is 2.40. The maximum atomic E-state index is 12.3. The van der Waals surface area contributed by atoms with E-state index in [1.165, 1.54) is 38.5 Å². The fourth-order valence-corrected chi connectivity index (χ4v) is 4.30. The first-order valence-corrected chi connectivity index (χ1v) is 7.71. The first-order valence-electron chi connectivity index (χ1n) is 7.71. The molecule has 0 aromatic carbocycles. The minimum absolute atomic E-state index is 0.227. The van der Waals surface area contributed by atoms with Crippen LogP contribution < -0.4 is 10.6 Å². The third kappa shape index (κ3) is 2.29. The van der Waals surface area contributed by atoms with Gasteiger partial charge in [0.2, 0.25) is 5.91 Å². The van der Waals surface area contributed by atoms with Crippen molar-refractivity contribution in [1.82, 2.24) is 10.6 Å². The Morgan fingerprint density at radius 3 is 2.83 bits per heavy atom. The number of nitrogens with one attached hydrogen (secondary N) is 2. The van der Waals surface area contributed by atoms with Crippen molar-refractivity contribution >= 4 is 5.91 Å².